The van der Waals surface area contributed by atoms with Gasteiger partial charge < -0.3 is 14.8 Å². The lowest BCUT2D eigenvalue weighted by molar-refractivity contribution is 0.371. The molecule has 0 radical (unpaired) electrons. The fourth-order valence-corrected chi connectivity index (χ4v) is 3.89. The summed E-state index contributed by atoms with van der Waals surface area (Å²) in [5, 5.41) is 7.52. The molecule has 10 heteroatoms. The minimum absolute atomic E-state index is 0.0508. The van der Waals surface area contributed by atoms with Gasteiger partial charge in [0.2, 0.25) is 15.9 Å². The number of rotatable bonds is 7. The van der Waals surface area contributed by atoms with Crippen LogP contribution >= 0.6 is 0 Å². The van der Waals surface area contributed by atoms with Crippen LogP contribution in [0.2, 0.25) is 0 Å². The molecule has 1 unspecified atom stereocenters. The molecular formula is C16H19N5O4S. The van der Waals surface area contributed by atoms with E-state index < -0.39 is 16.1 Å². The van der Waals surface area contributed by atoms with Crippen molar-refractivity contribution in [1.29, 1.82) is 0 Å². The Morgan fingerprint density at radius 2 is 1.88 bits per heavy atom. The largest absolute Gasteiger partial charge is 0.360 e. The number of nitrogens with two attached hydrogens (primary N) is 1. The number of aryl methyl sites for hydroxylation is 2. The minimum Gasteiger partial charge on any atom is -0.360 e. The predicted molar refractivity (Wildman–Crippen MR) is 91.6 cm³/mol. The highest BCUT2D eigenvalue weighted by Crippen LogP contribution is 2.19. The third kappa shape index (κ3) is 3.82. The summed E-state index contributed by atoms with van der Waals surface area (Å²) in [6.07, 6.45) is 0.233. The van der Waals surface area contributed by atoms with Crippen LogP contribution in [0.4, 0.5) is 0 Å². The summed E-state index contributed by atoms with van der Waals surface area (Å²) in [5.41, 5.74) is 7.28. The van der Waals surface area contributed by atoms with Crippen molar-refractivity contribution in [2.45, 2.75) is 31.2 Å². The van der Waals surface area contributed by atoms with Gasteiger partial charge in [-0.05, 0) is 19.4 Å². The van der Waals surface area contributed by atoms with E-state index in [0.29, 0.717) is 17.4 Å². The Labute approximate surface area is 150 Å². The zero-order chi connectivity index (χ0) is 18.7. The third-order valence-electron chi connectivity index (χ3n) is 3.79. The Balaban J connectivity index is 1.62. The van der Waals surface area contributed by atoms with E-state index in [1.807, 2.05) is 30.3 Å². The van der Waals surface area contributed by atoms with Crippen molar-refractivity contribution >= 4 is 10.0 Å². The molecule has 0 amide bonds. The Morgan fingerprint density at radius 3 is 2.54 bits per heavy atom. The predicted octanol–water partition coefficient (Wildman–Crippen LogP) is 1.24. The molecule has 3 rings (SSSR count). The number of hydrogen-bond acceptors (Lipinski definition) is 8. The van der Waals surface area contributed by atoms with Crippen LogP contribution < -0.4 is 10.5 Å². The van der Waals surface area contributed by atoms with Gasteiger partial charge in [-0.15, -0.1) is 0 Å². The summed E-state index contributed by atoms with van der Waals surface area (Å²) < 4.78 is 37.2. The van der Waals surface area contributed by atoms with E-state index in [4.69, 9.17) is 14.8 Å². The van der Waals surface area contributed by atoms with Crippen LogP contribution in [0.5, 0.6) is 0 Å². The molecule has 0 bridgehead atoms. The van der Waals surface area contributed by atoms with Gasteiger partial charge >= 0.3 is 0 Å². The molecule has 2 heterocycles. The van der Waals surface area contributed by atoms with Crippen LogP contribution in [0.1, 0.15) is 34.8 Å². The molecule has 26 heavy (non-hydrogen) atoms. The molecular weight excluding hydrogens is 358 g/mol. The topological polar surface area (TPSA) is 137 Å². The summed E-state index contributed by atoms with van der Waals surface area (Å²) >= 11 is 0. The first-order chi connectivity index (χ1) is 12.4. The molecule has 3 N–H and O–H groups in total. The van der Waals surface area contributed by atoms with E-state index in [0.717, 1.165) is 5.56 Å². The number of nitrogens with one attached hydrogen (secondary N) is 1. The van der Waals surface area contributed by atoms with Gasteiger partial charge in [0.05, 0.1) is 6.04 Å². The van der Waals surface area contributed by atoms with Gasteiger partial charge in [0, 0.05) is 13.0 Å². The molecule has 0 fully saturated rings. The van der Waals surface area contributed by atoms with Crippen molar-refractivity contribution in [1.82, 2.24) is 20.0 Å². The van der Waals surface area contributed by atoms with Crippen LogP contribution in [0.25, 0.3) is 0 Å². The molecule has 138 valence electrons. The summed E-state index contributed by atoms with van der Waals surface area (Å²) in [7, 11) is -3.72. The van der Waals surface area contributed by atoms with Crippen molar-refractivity contribution in [2.24, 2.45) is 5.73 Å². The molecule has 2 aromatic heterocycles. The molecule has 0 aliphatic rings. The minimum atomic E-state index is -3.72. The van der Waals surface area contributed by atoms with Crippen molar-refractivity contribution < 1.29 is 17.5 Å². The number of hydrogen-bond donors (Lipinski definition) is 2. The Hall–Kier alpha value is -2.56. The van der Waals surface area contributed by atoms with Crippen molar-refractivity contribution in [3.8, 4) is 0 Å². The Bertz CT molecular complexity index is 962. The molecule has 0 spiro atoms. The van der Waals surface area contributed by atoms with Gasteiger partial charge in [0.25, 0.3) is 0 Å². The molecule has 1 atom stereocenters. The van der Waals surface area contributed by atoms with Crippen LogP contribution in [0.15, 0.2) is 44.3 Å². The van der Waals surface area contributed by atoms with Crippen LogP contribution in [0.3, 0.4) is 0 Å². The maximum atomic E-state index is 12.3. The zero-order valence-electron chi connectivity index (χ0n) is 14.3. The average Bonchev–Trinajstić information content (AvgIpc) is 3.22. The standard InChI is InChI=1S/C16H19N5O4S/c1-10-15(11(2)24-20-10)26(22,23)18-9-8-13-19-16(21-25-13)14(17)12-6-4-3-5-7-12/h3-7,14,18H,8-9,17H2,1-2H3. The molecule has 0 saturated carbocycles. The lowest BCUT2D eigenvalue weighted by Gasteiger charge is -2.06. The summed E-state index contributed by atoms with van der Waals surface area (Å²) in [6.45, 7) is 3.21. The zero-order valence-corrected chi connectivity index (χ0v) is 15.2. The molecule has 3 aromatic rings. The summed E-state index contributed by atoms with van der Waals surface area (Å²) in [6, 6.07) is 8.88. The monoisotopic (exact) mass is 377 g/mol. The lowest BCUT2D eigenvalue weighted by atomic mass is 10.1. The number of sulfonamides is 1. The van der Waals surface area contributed by atoms with E-state index in [9.17, 15) is 8.42 Å². The van der Waals surface area contributed by atoms with E-state index in [1.165, 1.54) is 0 Å². The van der Waals surface area contributed by atoms with E-state index in [2.05, 4.69) is 20.0 Å². The third-order valence-corrected chi connectivity index (χ3v) is 5.49. The number of nitrogens with zero attached hydrogens (tertiary/aromatic N) is 3. The van der Waals surface area contributed by atoms with Gasteiger partial charge in [0.15, 0.2) is 11.6 Å². The highest BCUT2D eigenvalue weighted by Gasteiger charge is 2.24. The highest BCUT2D eigenvalue weighted by atomic mass is 32.2. The SMILES string of the molecule is Cc1noc(C)c1S(=O)(=O)NCCc1nc(C(N)c2ccccc2)no1. The van der Waals surface area contributed by atoms with Gasteiger partial charge in [-0.3, -0.25) is 0 Å². The van der Waals surface area contributed by atoms with Crippen molar-refractivity contribution in [3.63, 3.8) is 0 Å². The first-order valence-electron chi connectivity index (χ1n) is 7.94. The van der Waals surface area contributed by atoms with Crippen molar-refractivity contribution in [2.75, 3.05) is 6.54 Å². The van der Waals surface area contributed by atoms with Crippen molar-refractivity contribution in [3.05, 3.63) is 59.1 Å². The summed E-state index contributed by atoms with van der Waals surface area (Å²) in [4.78, 5) is 4.29. The second kappa shape index (κ2) is 7.36. The van der Waals surface area contributed by atoms with Gasteiger partial charge in [-0.2, -0.15) is 4.98 Å². The molecule has 0 saturated heterocycles. The van der Waals surface area contributed by atoms with Gasteiger partial charge in [-0.1, -0.05) is 40.6 Å². The molecule has 0 aliphatic heterocycles. The average molecular weight is 377 g/mol. The Morgan fingerprint density at radius 1 is 1.15 bits per heavy atom. The fraction of sp³-hybridized carbons (Fsp3) is 0.312. The van der Waals surface area contributed by atoms with Crippen LogP contribution in [0, 0.1) is 13.8 Å². The van der Waals surface area contributed by atoms with Gasteiger partial charge in [-0.25, -0.2) is 13.1 Å². The van der Waals surface area contributed by atoms with Crippen LogP contribution in [-0.2, 0) is 16.4 Å². The molecule has 1 aromatic carbocycles. The normalized spacial score (nSPS) is 13.0. The second-order valence-corrected chi connectivity index (χ2v) is 7.44. The number of benzene rings is 1. The summed E-state index contributed by atoms with van der Waals surface area (Å²) in [5.74, 6) is 0.886. The smallest absolute Gasteiger partial charge is 0.245 e. The quantitative estimate of drug-likeness (QED) is 0.627. The van der Waals surface area contributed by atoms with E-state index in [1.54, 1.807) is 13.8 Å². The maximum absolute atomic E-state index is 12.3. The van der Waals surface area contributed by atoms with Crippen LogP contribution in [-0.4, -0.2) is 30.3 Å². The highest BCUT2D eigenvalue weighted by molar-refractivity contribution is 7.89. The van der Waals surface area contributed by atoms with E-state index in [-0.39, 0.29) is 23.6 Å². The van der Waals surface area contributed by atoms with E-state index >= 15 is 0 Å². The molecule has 9 nitrogen and oxygen atoms in total. The first kappa shape index (κ1) is 18.2. The maximum Gasteiger partial charge on any atom is 0.245 e. The first-order valence-corrected chi connectivity index (χ1v) is 9.42. The number of aromatic nitrogens is 3. The lowest BCUT2D eigenvalue weighted by Crippen LogP contribution is -2.27. The Kier molecular flexibility index (Phi) is 5.16. The second-order valence-electron chi connectivity index (χ2n) is 5.74. The van der Waals surface area contributed by atoms with Gasteiger partial charge in [0.1, 0.15) is 10.6 Å². The fourth-order valence-electron chi connectivity index (χ4n) is 2.53. The molecule has 0 aliphatic carbocycles.